The van der Waals surface area contributed by atoms with Gasteiger partial charge in [-0.3, -0.25) is 4.79 Å². The number of nitrogens with two attached hydrogens (primary N) is 1. The standard InChI is InChI=1S/C10H14N2OS.ClH/c11-10(4-2-5-10)7-12-9(13)8-3-1-6-14-8;/h1,3,6H,2,4-5,7,11H2,(H,12,13);1H. The van der Waals surface area contributed by atoms with Crippen LogP contribution >= 0.6 is 23.7 Å². The van der Waals surface area contributed by atoms with Crippen LogP contribution in [0.25, 0.3) is 0 Å². The number of rotatable bonds is 3. The highest BCUT2D eigenvalue weighted by Gasteiger charge is 2.32. The zero-order valence-electron chi connectivity index (χ0n) is 8.36. The van der Waals surface area contributed by atoms with E-state index in [9.17, 15) is 4.79 Å². The summed E-state index contributed by atoms with van der Waals surface area (Å²) in [6.45, 7) is 0.601. The van der Waals surface area contributed by atoms with Gasteiger partial charge in [-0.2, -0.15) is 0 Å². The van der Waals surface area contributed by atoms with Crippen molar-refractivity contribution in [3.05, 3.63) is 22.4 Å². The number of amides is 1. The number of thiophene rings is 1. The van der Waals surface area contributed by atoms with E-state index in [-0.39, 0.29) is 23.9 Å². The van der Waals surface area contributed by atoms with Crippen LogP contribution in [-0.2, 0) is 0 Å². The van der Waals surface area contributed by atoms with Crippen molar-refractivity contribution in [3.63, 3.8) is 0 Å². The Morgan fingerprint density at radius 2 is 2.33 bits per heavy atom. The van der Waals surface area contributed by atoms with E-state index in [1.165, 1.54) is 17.8 Å². The van der Waals surface area contributed by atoms with Crippen LogP contribution in [0.4, 0.5) is 0 Å². The van der Waals surface area contributed by atoms with Gasteiger partial charge in [0.25, 0.3) is 5.91 Å². The molecule has 0 bridgehead atoms. The van der Waals surface area contributed by atoms with E-state index in [1.54, 1.807) is 0 Å². The predicted octanol–water partition coefficient (Wildman–Crippen LogP) is 1.78. The smallest absolute Gasteiger partial charge is 0.261 e. The Labute approximate surface area is 99.5 Å². The zero-order chi connectivity index (χ0) is 10.0. The van der Waals surface area contributed by atoms with Gasteiger partial charge >= 0.3 is 0 Å². The summed E-state index contributed by atoms with van der Waals surface area (Å²) in [6.07, 6.45) is 3.24. The molecule has 0 unspecified atom stereocenters. The van der Waals surface area contributed by atoms with E-state index in [4.69, 9.17) is 5.73 Å². The highest BCUT2D eigenvalue weighted by molar-refractivity contribution is 7.12. The quantitative estimate of drug-likeness (QED) is 0.854. The van der Waals surface area contributed by atoms with Crippen LogP contribution in [0.2, 0.25) is 0 Å². The monoisotopic (exact) mass is 246 g/mol. The number of nitrogens with one attached hydrogen (secondary N) is 1. The van der Waals surface area contributed by atoms with Gasteiger partial charge in [0.1, 0.15) is 0 Å². The fourth-order valence-corrected chi connectivity index (χ4v) is 2.20. The van der Waals surface area contributed by atoms with E-state index < -0.39 is 0 Å². The normalized spacial score (nSPS) is 17.4. The third-order valence-corrected chi connectivity index (χ3v) is 3.56. The van der Waals surface area contributed by atoms with Crippen LogP contribution in [0.5, 0.6) is 0 Å². The third kappa shape index (κ3) is 2.93. The second-order valence-corrected chi connectivity index (χ2v) is 4.82. The molecule has 0 radical (unpaired) electrons. The minimum atomic E-state index is -0.132. The Morgan fingerprint density at radius 3 is 2.80 bits per heavy atom. The van der Waals surface area contributed by atoms with E-state index in [0.717, 1.165) is 17.7 Å². The zero-order valence-corrected chi connectivity index (χ0v) is 10.00. The minimum absolute atomic E-state index is 0. The summed E-state index contributed by atoms with van der Waals surface area (Å²) in [5, 5.41) is 4.77. The van der Waals surface area contributed by atoms with Gasteiger partial charge in [-0.15, -0.1) is 23.7 Å². The second-order valence-electron chi connectivity index (χ2n) is 3.88. The average Bonchev–Trinajstić information content (AvgIpc) is 2.63. The molecule has 0 saturated heterocycles. The molecule has 0 aliphatic heterocycles. The molecule has 0 aromatic carbocycles. The van der Waals surface area contributed by atoms with Gasteiger partial charge < -0.3 is 11.1 Å². The lowest BCUT2D eigenvalue weighted by molar-refractivity contribution is 0.0934. The molecular formula is C10H15ClN2OS. The SMILES string of the molecule is Cl.NC1(CNC(=O)c2cccs2)CCC1. The lowest BCUT2D eigenvalue weighted by Crippen LogP contribution is -2.54. The second kappa shape index (κ2) is 4.96. The molecule has 1 heterocycles. The first-order chi connectivity index (χ1) is 6.70. The molecule has 15 heavy (non-hydrogen) atoms. The Bertz CT molecular complexity index is 322. The molecule has 84 valence electrons. The van der Waals surface area contributed by atoms with Crippen molar-refractivity contribution >= 4 is 29.7 Å². The molecule has 1 saturated carbocycles. The first kappa shape index (κ1) is 12.5. The van der Waals surface area contributed by atoms with Gasteiger partial charge in [-0.1, -0.05) is 6.07 Å². The summed E-state index contributed by atoms with van der Waals surface area (Å²) in [4.78, 5) is 12.3. The Balaban J connectivity index is 0.00000112. The van der Waals surface area contributed by atoms with Crippen LogP contribution in [0, 0.1) is 0 Å². The Hall–Kier alpha value is -0.580. The first-order valence-electron chi connectivity index (χ1n) is 4.80. The van der Waals surface area contributed by atoms with Gasteiger partial charge in [0.15, 0.2) is 0 Å². The molecule has 1 aliphatic rings. The minimum Gasteiger partial charge on any atom is -0.349 e. The van der Waals surface area contributed by atoms with E-state index in [0.29, 0.717) is 6.54 Å². The number of hydrogen-bond donors (Lipinski definition) is 2. The summed E-state index contributed by atoms with van der Waals surface area (Å²) in [5.41, 5.74) is 5.86. The Kier molecular flexibility index (Phi) is 4.13. The van der Waals surface area contributed by atoms with E-state index >= 15 is 0 Å². The predicted molar refractivity (Wildman–Crippen MR) is 64.7 cm³/mol. The molecule has 1 fully saturated rings. The number of carbonyl (C=O) groups is 1. The number of carbonyl (C=O) groups excluding carboxylic acids is 1. The van der Waals surface area contributed by atoms with Crippen molar-refractivity contribution in [2.45, 2.75) is 24.8 Å². The van der Waals surface area contributed by atoms with Gasteiger partial charge in [0, 0.05) is 12.1 Å². The maximum Gasteiger partial charge on any atom is 0.261 e. The van der Waals surface area contributed by atoms with Crippen molar-refractivity contribution < 1.29 is 4.79 Å². The number of hydrogen-bond acceptors (Lipinski definition) is 3. The number of halogens is 1. The largest absolute Gasteiger partial charge is 0.349 e. The van der Waals surface area contributed by atoms with Gasteiger partial charge in [-0.05, 0) is 30.7 Å². The first-order valence-corrected chi connectivity index (χ1v) is 5.68. The molecule has 5 heteroatoms. The molecular weight excluding hydrogens is 232 g/mol. The molecule has 3 nitrogen and oxygen atoms in total. The highest BCUT2D eigenvalue weighted by Crippen LogP contribution is 2.28. The van der Waals surface area contributed by atoms with Crippen molar-refractivity contribution in [2.24, 2.45) is 5.73 Å². The molecule has 1 aliphatic carbocycles. The Morgan fingerprint density at radius 1 is 1.60 bits per heavy atom. The molecule has 3 N–H and O–H groups in total. The third-order valence-electron chi connectivity index (χ3n) is 2.70. The van der Waals surface area contributed by atoms with E-state index in [1.807, 2.05) is 17.5 Å². The van der Waals surface area contributed by atoms with Crippen molar-refractivity contribution in [1.29, 1.82) is 0 Å². The summed E-state index contributed by atoms with van der Waals surface area (Å²) in [5.74, 6) is -0.00303. The molecule has 1 aromatic rings. The average molecular weight is 247 g/mol. The van der Waals surface area contributed by atoms with E-state index in [2.05, 4.69) is 5.32 Å². The molecule has 1 amide bonds. The van der Waals surface area contributed by atoms with Gasteiger partial charge in [-0.25, -0.2) is 0 Å². The molecule has 1 aromatic heterocycles. The fraction of sp³-hybridized carbons (Fsp3) is 0.500. The van der Waals surface area contributed by atoms with Crippen LogP contribution in [0.15, 0.2) is 17.5 Å². The topological polar surface area (TPSA) is 55.1 Å². The summed E-state index contributed by atoms with van der Waals surface area (Å²) in [7, 11) is 0. The van der Waals surface area contributed by atoms with Crippen LogP contribution in [-0.4, -0.2) is 18.0 Å². The van der Waals surface area contributed by atoms with Gasteiger partial charge in [0.05, 0.1) is 4.88 Å². The maximum absolute atomic E-state index is 11.5. The van der Waals surface area contributed by atoms with Gasteiger partial charge in [0.2, 0.25) is 0 Å². The van der Waals surface area contributed by atoms with Crippen LogP contribution in [0.1, 0.15) is 28.9 Å². The molecule has 2 rings (SSSR count). The lowest BCUT2D eigenvalue weighted by Gasteiger charge is -2.38. The molecule has 0 atom stereocenters. The van der Waals surface area contributed by atoms with Crippen molar-refractivity contribution in [2.75, 3.05) is 6.54 Å². The highest BCUT2D eigenvalue weighted by atomic mass is 35.5. The summed E-state index contributed by atoms with van der Waals surface area (Å²) < 4.78 is 0. The van der Waals surface area contributed by atoms with Crippen molar-refractivity contribution in [3.8, 4) is 0 Å². The fourth-order valence-electron chi connectivity index (χ4n) is 1.56. The maximum atomic E-state index is 11.5. The van der Waals surface area contributed by atoms with Crippen LogP contribution in [0.3, 0.4) is 0 Å². The lowest BCUT2D eigenvalue weighted by atomic mass is 9.78. The van der Waals surface area contributed by atoms with Crippen LogP contribution < -0.4 is 11.1 Å². The van der Waals surface area contributed by atoms with Crippen molar-refractivity contribution in [1.82, 2.24) is 5.32 Å². The molecule has 0 spiro atoms. The summed E-state index contributed by atoms with van der Waals surface area (Å²) >= 11 is 1.45. The summed E-state index contributed by atoms with van der Waals surface area (Å²) in [6, 6.07) is 3.70.